The van der Waals surface area contributed by atoms with Crippen molar-refractivity contribution >= 4 is 30.7 Å². The van der Waals surface area contributed by atoms with Crippen molar-refractivity contribution in [1.82, 2.24) is 9.80 Å². The topological polar surface area (TPSA) is 49.6 Å². The van der Waals surface area contributed by atoms with Gasteiger partial charge in [-0.25, -0.2) is 0 Å². The van der Waals surface area contributed by atoms with Crippen LogP contribution in [0.15, 0.2) is 0 Å². The van der Waals surface area contributed by atoms with Gasteiger partial charge in [0.25, 0.3) is 0 Å². The molecule has 0 aliphatic carbocycles. The van der Waals surface area contributed by atoms with E-state index in [1.165, 1.54) is 0 Å². The highest BCUT2D eigenvalue weighted by Gasteiger charge is 2.39. The molecule has 116 valence electrons. The van der Waals surface area contributed by atoms with Crippen LogP contribution in [0.1, 0.15) is 33.6 Å². The Morgan fingerprint density at radius 1 is 1.26 bits per heavy atom. The summed E-state index contributed by atoms with van der Waals surface area (Å²) < 4.78 is 0. The summed E-state index contributed by atoms with van der Waals surface area (Å²) in [6, 6.07) is 0.297. The third-order valence-electron chi connectivity index (χ3n) is 4.29. The van der Waals surface area contributed by atoms with Crippen molar-refractivity contribution in [2.75, 3.05) is 33.2 Å². The first kappa shape index (κ1) is 21.3. The van der Waals surface area contributed by atoms with E-state index < -0.39 is 0 Å². The van der Waals surface area contributed by atoms with E-state index >= 15 is 0 Å². The van der Waals surface area contributed by atoms with E-state index in [-0.39, 0.29) is 36.1 Å². The highest BCUT2D eigenvalue weighted by Crippen LogP contribution is 2.29. The Morgan fingerprint density at radius 3 is 2.16 bits per heavy atom. The van der Waals surface area contributed by atoms with Crippen molar-refractivity contribution in [3.05, 3.63) is 0 Å². The number of nitrogens with zero attached hydrogens (tertiary/aromatic N) is 2. The van der Waals surface area contributed by atoms with Crippen LogP contribution < -0.4 is 5.73 Å². The maximum absolute atomic E-state index is 12.7. The summed E-state index contributed by atoms with van der Waals surface area (Å²) >= 11 is 0. The maximum atomic E-state index is 12.7. The zero-order valence-corrected chi connectivity index (χ0v) is 14.1. The molecule has 0 aromatic carbocycles. The number of carbonyl (C=O) groups is 1. The molecule has 0 radical (unpaired) electrons. The Labute approximate surface area is 129 Å². The lowest BCUT2D eigenvalue weighted by molar-refractivity contribution is -0.146. The van der Waals surface area contributed by atoms with Gasteiger partial charge in [-0.3, -0.25) is 4.79 Å². The molecule has 1 aliphatic rings. The molecule has 2 N–H and O–H groups in total. The normalized spacial score (nSPS) is 20.5. The lowest BCUT2D eigenvalue weighted by Gasteiger charge is -2.43. The molecule has 4 nitrogen and oxygen atoms in total. The molecule has 0 saturated carbocycles. The standard InChI is InChI=1S/C13H27N3O.2ClH/c1-5-13(6-2,10-14)12(17)16-8-7-15(4)9-11(16)3;;/h11H,5-10,14H2,1-4H3;2*1H. The molecule has 0 spiro atoms. The van der Waals surface area contributed by atoms with E-state index in [2.05, 4.69) is 32.7 Å². The Kier molecular flexibility index (Phi) is 10.1. The average Bonchev–Trinajstić information content (AvgIpc) is 2.32. The molecule has 0 aromatic rings. The number of halogens is 2. The number of amides is 1. The fraction of sp³-hybridized carbons (Fsp3) is 0.923. The zero-order valence-electron chi connectivity index (χ0n) is 12.5. The van der Waals surface area contributed by atoms with Gasteiger partial charge in [-0.05, 0) is 26.8 Å². The number of carbonyl (C=O) groups excluding carboxylic acids is 1. The molecule has 1 atom stereocenters. The van der Waals surface area contributed by atoms with Gasteiger partial charge in [0.15, 0.2) is 0 Å². The minimum absolute atomic E-state index is 0. The van der Waals surface area contributed by atoms with Gasteiger partial charge in [0.05, 0.1) is 5.41 Å². The van der Waals surface area contributed by atoms with Crippen molar-refractivity contribution in [3.63, 3.8) is 0 Å². The Hall–Kier alpha value is -0.0300. The quantitative estimate of drug-likeness (QED) is 0.860. The highest BCUT2D eigenvalue weighted by molar-refractivity contribution is 5.85. The van der Waals surface area contributed by atoms with Crippen LogP contribution in [-0.4, -0.2) is 55.0 Å². The van der Waals surface area contributed by atoms with E-state index in [0.717, 1.165) is 32.5 Å². The lowest BCUT2D eigenvalue weighted by Crippen LogP contribution is -2.57. The van der Waals surface area contributed by atoms with E-state index in [4.69, 9.17) is 5.73 Å². The summed E-state index contributed by atoms with van der Waals surface area (Å²) in [6.45, 7) is 9.46. The minimum Gasteiger partial charge on any atom is -0.337 e. The van der Waals surface area contributed by atoms with Crippen molar-refractivity contribution in [1.29, 1.82) is 0 Å². The molecule has 1 saturated heterocycles. The molecule has 1 aliphatic heterocycles. The Bertz CT molecular complexity index is 264. The molecular formula is C13H29Cl2N3O. The van der Waals surface area contributed by atoms with Crippen molar-refractivity contribution in [2.45, 2.75) is 39.7 Å². The van der Waals surface area contributed by atoms with Gasteiger partial charge in [-0.1, -0.05) is 13.8 Å². The number of hydrogen-bond acceptors (Lipinski definition) is 3. The molecule has 1 heterocycles. The van der Waals surface area contributed by atoms with Crippen molar-refractivity contribution in [3.8, 4) is 0 Å². The van der Waals surface area contributed by atoms with Crippen LogP contribution >= 0.6 is 24.8 Å². The molecule has 1 amide bonds. The third kappa shape index (κ3) is 4.48. The largest absolute Gasteiger partial charge is 0.337 e. The van der Waals surface area contributed by atoms with Crippen LogP contribution in [0, 0.1) is 5.41 Å². The van der Waals surface area contributed by atoms with Crippen LogP contribution in [0.2, 0.25) is 0 Å². The summed E-state index contributed by atoms with van der Waals surface area (Å²) in [6.07, 6.45) is 1.66. The zero-order chi connectivity index (χ0) is 13.1. The predicted molar refractivity (Wildman–Crippen MR) is 85.2 cm³/mol. The SMILES string of the molecule is CCC(CC)(CN)C(=O)N1CCN(C)CC1C.Cl.Cl. The van der Waals surface area contributed by atoms with Crippen LogP contribution in [0.4, 0.5) is 0 Å². The number of likely N-dealkylation sites (N-methyl/N-ethyl adjacent to an activating group) is 1. The summed E-state index contributed by atoms with van der Waals surface area (Å²) in [4.78, 5) is 17.0. The minimum atomic E-state index is -0.343. The summed E-state index contributed by atoms with van der Waals surface area (Å²) in [5, 5.41) is 0. The van der Waals surface area contributed by atoms with E-state index in [9.17, 15) is 4.79 Å². The molecule has 0 bridgehead atoms. The first-order valence-corrected chi connectivity index (χ1v) is 6.70. The lowest BCUT2D eigenvalue weighted by atomic mass is 9.80. The van der Waals surface area contributed by atoms with Crippen LogP contribution in [0.25, 0.3) is 0 Å². The predicted octanol–water partition coefficient (Wildman–Crippen LogP) is 1.76. The van der Waals surface area contributed by atoms with Crippen molar-refractivity contribution in [2.24, 2.45) is 11.1 Å². The molecule has 1 fully saturated rings. The smallest absolute Gasteiger partial charge is 0.230 e. The Balaban J connectivity index is 0. The van der Waals surface area contributed by atoms with Gasteiger partial charge >= 0.3 is 0 Å². The molecule has 19 heavy (non-hydrogen) atoms. The second kappa shape index (κ2) is 9.01. The second-order valence-corrected chi connectivity index (χ2v) is 5.30. The van der Waals surface area contributed by atoms with Gasteiger partial charge < -0.3 is 15.5 Å². The van der Waals surface area contributed by atoms with Gasteiger partial charge in [0.1, 0.15) is 0 Å². The molecular weight excluding hydrogens is 285 g/mol. The van der Waals surface area contributed by atoms with E-state index in [1.54, 1.807) is 0 Å². The first-order valence-electron chi connectivity index (χ1n) is 6.70. The van der Waals surface area contributed by atoms with Gasteiger partial charge in [0.2, 0.25) is 5.91 Å². The molecule has 1 rings (SSSR count). The first-order chi connectivity index (χ1) is 8.00. The molecule has 0 aromatic heterocycles. The highest BCUT2D eigenvalue weighted by atomic mass is 35.5. The molecule has 6 heteroatoms. The van der Waals surface area contributed by atoms with Crippen LogP contribution in [0.3, 0.4) is 0 Å². The number of nitrogens with two attached hydrogens (primary N) is 1. The summed E-state index contributed by atoms with van der Waals surface area (Å²) in [5.41, 5.74) is 5.51. The fourth-order valence-electron chi connectivity index (χ4n) is 2.67. The molecule has 1 unspecified atom stereocenters. The second-order valence-electron chi connectivity index (χ2n) is 5.30. The monoisotopic (exact) mass is 313 g/mol. The maximum Gasteiger partial charge on any atom is 0.230 e. The van der Waals surface area contributed by atoms with Gasteiger partial charge in [-0.15, -0.1) is 24.8 Å². The van der Waals surface area contributed by atoms with Gasteiger partial charge in [-0.2, -0.15) is 0 Å². The average molecular weight is 314 g/mol. The van der Waals surface area contributed by atoms with Crippen LogP contribution in [-0.2, 0) is 4.79 Å². The van der Waals surface area contributed by atoms with E-state index in [1.807, 2.05) is 4.90 Å². The van der Waals surface area contributed by atoms with Gasteiger partial charge in [0, 0.05) is 32.2 Å². The number of piperazine rings is 1. The number of hydrogen-bond donors (Lipinski definition) is 1. The van der Waals surface area contributed by atoms with Crippen LogP contribution in [0.5, 0.6) is 0 Å². The number of rotatable bonds is 4. The van der Waals surface area contributed by atoms with E-state index in [0.29, 0.717) is 12.6 Å². The van der Waals surface area contributed by atoms with Crippen molar-refractivity contribution < 1.29 is 4.79 Å². The summed E-state index contributed by atoms with van der Waals surface area (Å²) in [5.74, 6) is 0.255. The fourth-order valence-corrected chi connectivity index (χ4v) is 2.67. The third-order valence-corrected chi connectivity index (χ3v) is 4.29. The summed E-state index contributed by atoms with van der Waals surface area (Å²) in [7, 11) is 2.11. The Morgan fingerprint density at radius 2 is 1.79 bits per heavy atom.